The van der Waals surface area contributed by atoms with Crippen molar-refractivity contribution in [1.29, 1.82) is 0 Å². The van der Waals surface area contributed by atoms with E-state index < -0.39 is 11.8 Å². The monoisotopic (exact) mass is 227 g/mol. The fourth-order valence-electron chi connectivity index (χ4n) is 1.21. The van der Waals surface area contributed by atoms with Crippen LogP contribution in [0.1, 0.15) is 5.56 Å². The Hall–Kier alpha value is -1.62. The summed E-state index contributed by atoms with van der Waals surface area (Å²) in [6.45, 7) is 0.311. The van der Waals surface area contributed by atoms with Crippen LogP contribution in [0.25, 0.3) is 0 Å². The van der Waals surface area contributed by atoms with Gasteiger partial charge in [0.05, 0.1) is 7.11 Å². The standard InChI is InChI=1S/C11H14FNO3/c1-13-6-8-3-9(12)5-10(4-8)16-7-11(14)15-2/h3-5,13H,6-7H2,1-2H3. The average molecular weight is 227 g/mol. The van der Waals surface area contributed by atoms with Crippen molar-refractivity contribution in [2.75, 3.05) is 20.8 Å². The summed E-state index contributed by atoms with van der Waals surface area (Å²) in [5.41, 5.74) is 0.752. The number of carbonyl (C=O) groups is 1. The number of halogens is 1. The fourth-order valence-corrected chi connectivity index (χ4v) is 1.21. The number of nitrogens with one attached hydrogen (secondary N) is 1. The quantitative estimate of drug-likeness (QED) is 0.765. The predicted octanol–water partition coefficient (Wildman–Crippen LogP) is 1.10. The first-order valence-corrected chi connectivity index (χ1v) is 4.79. The number of esters is 1. The van der Waals surface area contributed by atoms with E-state index in [1.807, 2.05) is 0 Å². The maximum Gasteiger partial charge on any atom is 0.343 e. The number of benzene rings is 1. The van der Waals surface area contributed by atoms with Crippen LogP contribution in [-0.4, -0.2) is 26.7 Å². The summed E-state index contributed by atoms with van der Waals surface area (Å²) in [7, 11) is 3.03. The highest BCUT2D eigenvalue weighted by molar-refractivity contribution is 5.70. The van der Waals surface area contributed by atoms with E-state index in [0.29, 0.717) is 12.3 Å². The van der Waals surface area contributed by atoms with Gasteiger partial charge in [-0.3, -0.25) is 0 Å². The first-order valence-electron chi connectivity index (χ1n) is 4.79. The number of ether oxygens (including phenoxy) is 2. The predicted molar refractivity (Wildman–Crippen MR) is 56.7 cm³/mol. The van der Waals surface area contributed by atoms with Crippen LogP contribution < -0.4 is 10.1 Å². The van der Waals surface area contributed by atoms with E-state index in [1.165, 1.54) is 19.2 Å². The van der Waals surface area contributed by atoms with Crippen LogP contribution in [0, 0.1) is 5.82 Å². The van der Waals surface area contributed by atoms with Gasteiger partial charge in [-0.05, 0) is 24.7 Å². The van der Waals surface area contributed by atoms with E-state index >= 15 is 0 Å². The van der Waals surface area contributed by atoms with Gasteiger partial charge >= 0.3 is 5.97 Å². The molecule has 0 saturated carbocycles. The van der Waals surface area contributed by atoms with Crippen LogP contribution >= 0.6 is 0 Å². The van der Waals surface area contributed by atoms with Gasteiger partial charge in [-0.2, -0.15) is 0 Å². The highest BCUT2D eigenvalue weighted by atomic mass is 19.1. The van der Waals surface area contributed by atoms with Crippen LogP contribution in [0.5, 0.6) is 5.75 Å². The van der Waals surface area contributed by atoms with Crippen LogP contribution in [0.2, 0.25) is 0 Å². The summed E-state index contributed by atoms with van der Waals surface area (Å²) < 4.78 is 22.6. The van der Waals surface area contributed by atoms with Gasteiger partial charge < -0.3 is 14.8 Å². The fraction of sp³-hybridized carbons (Fsp3) is 0.364. The molecular formula is C11H14FNO3. The molecule has 5 heteroatoms. The number of hydrogen-bond donors (Lipinski definition) is 1. The van der Waals surface area contributed by atoms with Gasteiger partial charge in [0.2, 0.25) is 0 Å². The molecule has 0 aromatic heterocycles. The van der Waals surface area contributed by atoms with E-state index in [1.54, 1.807) is 13.1 Å². The van der Waals surface area contributed by atoms with Crippen LogP contribution in [0.15, 0.2) is 18.2 Å². The molecule has 0 aliphatic carbocycles. The van der Waals surface area contributed by atoms with Crippen molar-refractivity contribution in [3.63, 3.8) is 0 Å². The molecule has 0 bridgehead atoms. The lowest BCUT2D eigenvalue weighted by Gasteiger charge is -2.07. The molecule has 1 aromatic carbocycles. The lowest BCUT2D eigenvalue weighted by atomic mass is 10.2. The zero-order valence-corrected chi connectivity index (χ0v) is 9.25. The smallest absolute Gasteiger partial charge is 0.343 e. The van der Waals surface area contributed by atoms with Gasteiger partial charge in [-0.15, -0.1) is 0 Å². The summed E-state index contributed by atoms with van der Waals surface area (Å²) >= 11 is 0. The topological polar surface area (TPSA) is 47.6 Å². The van der Waals surface area contributed by atoms with Crippen LogP contribution in [0.4, 0.5) is 4.39 Å². The Bertz CT molecular complexity index is 368. The van der Waals surface area contributed by atoms with Crippen molar-refractivity contribution in [2.24, 2.45) is 0 Å². The molecule has 0 aliphatic heterocycles. The Morgan fingerprint density at radius 1 is 1.44 bits per heavy atom. The van der Waals surface area contributed by atoms with Crippen molar-refractivity contribution in [2.45, 2.75) is 6.54 Å². The Morgan fingerprint density at radius 2 is 2.19 bits per heavy atom. The minimum Gasteiger partial charge on any atom is -0.482 e. The summed E-state index contributed by atoms with van der Waals surface area (Å²) in [6.07, 6.45) is 0. The second-order valence-electron chi connectivity index (χ2n) is 3.19. The molecule has 16 heavy (non-hydrogen) atoms. The van der Waals surface area contributed by atoms with Gasteiger partial charge in [0.25, 0.3) is 0 Å². The van der Waals surface area contributed by atoms with E-state index in [9.17, 15) is 9.18 Å². The van der Waals surface area contributed by atoms with Crippen LogP contribution in [0.3, 0.4) is 0 Å². The molecule has 0 radical (unpaired) electrons. The van der Waals surface area contributed by atoms with Crippen LogP contribution in [-0.2, 0) is 16.1 Å². The molecule has 0 atom stereocenters. The van der Waals surface area contributed by atoms with Crippen molar-refractivity contribution in [3.05, 3.63) is 29.6 Å². The van der Waals surface area contributed by atoms with E-state index in [4.69, 9.17) is 4.74 Å². The zero-order valence-electron chi connectivity index (χ0n) is 9.25. The highest BCUT2D eigenvalue weighted by Crippen LogP contribution is 2.16. The Kier molecular flexibility index (Phi) is 4.72. The molecule has 0 aliphatic rings. The molecular weight excluding hydrogens is 213 g/mol. The molecule has 0 amide bonds. The molecule has 88 valence electrons. The van der Waals surface area contributed by atoms with Crippen molar-refractivity contribution in [3.8, 4) is 5.75 Å². The highest BCUT2D eigenvalue weighted by Gasteiger charge is 2.04. The van der Waals surface area contributed by atoms with Gasteiger partial charge in [0.1, 0.15) is 11.6 Å². The molecule has 1 rings (SSSR count). The minimum absolute atomic E-state index is 0.223. The second-order valence-corrected chi connectivity index (χ2v) is 3.19. The van der Waals surface area contributed by atoms with E-state index in [0.717, 1.165) is 5.56 Å². The third-order valence-corrected chi connectivity index (χ3v) is 1.90. The minimum atomic E-state index is -0.501. The van der Waals surface area contributed by atoms with Crippen molar-refractivity contribution < 1.29 is 18.7 Å². The summed E-state index contributed by atoms with van der Waals surface area (Å²) in [5.74, 6) is -0.581. The van der Waals surface area contributed by atoms with Gasteiger partial charge in [0.15, 0.2) is 6.61 Å². The molecule has 0 heterocycles. The normalized spacial score (nSPS) is 9.94. The number of hydrogen-bond acceptors (Lipinski definition) is 4. The average Bonchev–Trinajstić information content (AvgIpc) is 2.25. The number of methoxy groups -OCH3 is 1. The lowest BCUT2D eigenvalue weighted by molar-refractivity contribution is -0.142. The first kappa shape index (κ1) is 12.4. The molecule has 4 nitrogen and oxygen atoms in total. The lowest BCUT2D eigenvalue weighted by Crippen LogP contribution is -2.13. The van der Waals surface area contributed by atoms with E-state index in [2.05, 4.69) is 10.1 Å². The number of carbonyl (C=O) groups excluding carboxylic acids is 1. The maximum absolute atomic E-state index is 13.1. The Labute approximate surface area is 93.4 Å². The van der Waals surface area contributed by atoms with Gasteiger partial charge in [0, 0.05) is 12.6 Å². The van der Waals surface area contributed by atoms with Gasteiger partial charge in [-0.1, -0.05) is 0 Å². The summed E-state index contributed by atoms with van der Waals surface area (Å²) in [5, 5.41) is 2.90. The Balaban J connectivity index is 2.68. The molecule has 0 spiro atoms. The SMILES string of the molecule is CNCc1cc(F)cc(OCC(=O)OC)c1. The maximum atomic E-state index is 13.1. The number of rotatable bonds is 5. The molecule has 0 unspecified atom stereocenters. The second kappa shape index (κ2) is 6.07. The van der Waals surface area contributed by atoms with E-state index in [-0.39, 0.29) is 6.61 Å². The molecule has 0 fully saturated rings. The molecule has 1 aromatic rings. The molecule has 0 saturated heterocycles. The third kappa shape index (κ3) is 3.86. The zero-order chi connectivity index (χ0) is 12.0. The third-order valence-electron chi connectivity index (χ3n) is 1.90. The Morgan fingerprint density at radius 3 is 2.81 bits per heavy atom. The largest absolute Gasteiger partial charge is 0.482 e. The summed E-state index contributed by atoms with van der Waals surface area (Å²) in [4.78, 5) is 10.8. The molecule has 1 N–H and O–H groups in total. The first-order chi connectivity index (χ1) is 7.65. The van der Waals surface area contributed by atoms with Crippen molar-refractivity contribution >= 4 is 5.97 Å². The van der Waals surface area contributed by atoms with Gasteiger partial charge in [-0.25, -0.2) is 9.18 Å². The summed E-state index contributed by atoms with van der Waals surface area (Å²) in [6, 6.07) is 4.30. The van der Waals surface area contributed by atoms with Crippen molar-refractivity contribution in [1.82, 2.24) is 5.32 Å².